The third-order valence-corrected chi connectivity index (χ3v) is 2.48. The predicted molar refractivity (Wildman–Crippen MR) is 61.1 cm³/mol. The van der Waals surface area contributed by atoms with Gasteiger partial charge < -0.3 is 5.11 Å². The minimum Gasteiger partial charge on any atom is -0.506 e. The lowest BCUT2D eigenvalue weighted by Gasteiger charge is -2.04. The van der Waals surface area contributed by atoms with Crippen LogP contribution in [0.1, 0.15) is 5.56 Å². The van der Waals surface area contributed by atoms with Gasteiger partial charge in [-0.15, -0.1) is 0 Å². The number of nitrogens with zero attached hydrogens (tertiary/aromatic N) is 2. The lowest BCUT2D eigenvalue weighted by Crippen LogP contribution is -1.85. The van der Waals surface area contributed by atoms with Crippen LogP contribution in [0.15, 0.2) is 36.5 Å². The standard InChI is InChI=1S/C12H7ClN2O/c13-10-4-3-8(6-9(10)7-14)12-11(16)2-1-5-15-12/h1-6,16H. The number of aromatic hydroxyl groups is 1. The Morgan fingerprint density at radius 2 is 2.12 bits per heavy atom. The van der Waals surface area contributed by atoms with Crippen LogP contribution < -0.4 is 0 Å². The second kappa shape index (κ2) is 4.21. The Balaban J connectivity index is 2.59. The number of nitriles is 1. The number of benzene rings is 1. The van der Waals surface area contributed by atoms with E-state index in [1.807, 2.05) is 6.07 Å². The molecule has 4 heteroatoms. The molecule has 0 aliphatic rings. The van der Waals surface area contributed by atoms with Gasteiger partial charge in [-0.2, -0.15) is 5.26 Å². The minimum atomic E-state index is 0.0775. The van der Waals surface area contributed by atoms with E-state index in [-0.39, 0.29) is 5.75 Å². The summed E-state index contributed by atoms with van der Waals surface area (Å²) in [4.78, 5) is 4.05. The van der Waals surface area contributed by atoms with E-state index in [9.17, 15) is 5.11 Å². The number of pyridine rings is 1. The Hall–Kier alpha value is -2.05. The molecule has 1 aromatic carbocycles. The summed E-state index contributed by atoms with van der Waals surface area (Å²) in [6.45, 7) is 0. The molecule has 0 spiro atoms. The highest BCUT2D eigenvalue weighted by atomic mass is 35.5. The number of rotatable bonds is 1. The van der Waals surface area contributed by atoms with Gasteiger partial charge in [0, 0.05) is 11.8 Å². The molecule has 0 aliphatic carbocycles. The van der Waals surface area contributed by atoms with Gasteiger partial charge in [0.05, 0.1) is 10.6 Å². The Bertz CT molecular complexity index is 575. The van der Waals surface area contributed by atoms with E-state index < -0.39 is 0 Å². The predicted octanol–water partition coefficient (Wildman–Crippen LogP) is 2.98. The Labute approximate surface area is 97.6 Å². The summed E-state index contributed by atoms with van der Waals surface area (Å²) < 4.78 is 0. The fraction of sp³-hybridized carbons (Fsp3) is 0. The van der Waals surface area contributed by atoms with E-state index in [2.05, 4.69) is 4.98 Å². The van der Waals surface area contributed by atoms with Crippen molar-refractivity contribution in [3.63, 3.8) is 0 Å². The molecule has 0 aliphatic heterocycles. The molecule has 0 amide bonds. The summed E-state index contributed by atoms with van der Waals surface area (Å²) >= 11 is 5.82. The summed E-state index contributed by atoms with van der Waals surface area (Å²) in [5, 5.41) is 18.9. The SMILES string of the molecule is N#Cc1cc(-c2ncccc2O)ccc1Cl. The van der Waals surface area contributed by atoms with E-state index in [4.69, 9.17) is 16.9 Å². The van der Waals surface area contributed by atoms with E-state index >= 15 is 0 Å². The Kier molecular flexibility index (Phi) is 2.76. The van der Waals surface area contributed by atoms with Crippen LogP contribution in [-0.2, 0) is 0 Å². The molecule has 0 saturated carbocycles. The smallest absolute Gasteiger partial charge is 0.141 e. The third kappa shape index (κ3) is 1.83. The summed E-state index contributed by atoms with van der Waals surface area (Å²) in [6, 6.07) is 10.1. The quantitative estimate of drug-likeness (QED) is 0.819. The normalized spacial score (nSPS) is 9.75. The molecular formula is C12H7ClN2O. The Morgan fingerprint density at radius 3 is 2.81 bits per heavy atom. The molecule has 2 rings (SSSR count). The zero-order chi connectivity index (χ0) is 11.5. The van der Waals surface area contributed by atoms with Crippen LogP contribution in [-0.4, -0.2) is 10.1 Å². The lowest BCUT2D eigenvalue weighted by molar-refractivity contribution is 0.475. The number of halogens is 1. The van der Waals surface area contributed by atoms with Crippen molar-refractivity contribution in [3.8, 4) is 23.1 Å². The van der Waals surface area contributed by atoms with E-state index in [1.165, 1.54) is 0 Å². The van der Waals surface area contributed by atoms with Gasteiger partial charge in [-0.25, -0.2) is 0 Å². The molecule has 1 N–H and O–H groups in total. The van der Waals surface area contributed by atoms with Crippen LogP contribution in [0.5, 0.6) is 5.75 Å². The van der Waals surface area contributed by atoms with E-state index in [0.717, 1.165) is 0 Å². The molecule has 0 fully saturated rings. The maximum atomic E-state index is 9.62. The van der Waals surface area contributed by atoms with Crippen molar-refractivity contribution in [2.45, 2.75) is 0 Å². The third-order valence-electron chi connectivity index (χ3n) is 2.15. The van der Waals surface area contributed by atoms with Gasteiger partial charge in [0.1, 0.15) is 17.5 Å². The van der Waals surface area contributed by atoms with Crippen molar-refractivity contribution in [3.05, 3.63) is 47.1 Å². The molecule has 1 heterocycles. The average molecular weight is 231 g/mol. The first-order chi connectivity index (χ1) is 7.72. The minimum absolute atomic E-state index is 0.0775. The van der Waals surface area contributed by atoms with Crippen molar-refractivity contribution in [1.82, 2.24) is 4.98 Å². The maximum absolute atomic E-state index is 9.62. The maximum Gasteiger partial charge on any atom is 0.141 e. The fourth-order valence-corrected chi connectivity index (χ4v) is 1.54. The van der Waals surface area contributed by atoms with Crippen molar-refractivity contribution in [1.29, 1.82) is 5.26 Å². The van der Waals surface area contributed by atoms with Crippen LogP contribution in [0.3, 0.4) is 0 Å². The largest absolute Gasteiger partial charge is 0.506 e. The van der Waals surface area contributed by atoms with Crippen molar-refractivity contribution < 1.29 is 5.11 Å². The van der Waals surface area contributed by atoms with Crippen LogP contribution in [0.4, 0.5) is 0 Å². The summed E-state index contributed by atoms with van der Waals surface area (Å²) in [5.41, 5.74) is 1.47. The first-order valence-corrected chi connectivity index (χ1v) is 4.94. The second-order valence-electron chi connectivity index (χ2n) is 3.18. The van der Waals surface area contributed by atoms with E-state index in [1.54, 1.807) is 36.5 Å². The molecule has 0 bridgehead atoms. The van der Waals surface area contributed by atoms with Gasteiger partial charge in [0.2, 0.25) is 0 Å². The van der Waals surface area contributed by atoms with Crippen LogP contribution in [0, 0.1) is 11.3 Å². The highest BCUT2D eigenvalue weighted by Crippen LogP contribution is 2.28. The molecule has 1 aromatic heterocycles. The van der Waals surface area contributed by atoms with Crippen molar-refractivity contribution in [2.75, 3.05) is 0 Å². The highest BCUT2D eigenvalue weighted by Gasteiger charge is 2.07. The zero-order valence-corrected chi connectivity index (χ0v) is 8.94. The molecule has 2 aromatic rings. The molecule has 0 unspecified atom stereocenters. The van der Waals surface area contributed by atoms with Crippen LogP contribution in [0.25, 0.3) is 11.3 Å². The molecule has 0 saturated heterocycles. The first kappa shape index (κ1) is 10.5. The van der Waals surface area contributed by atoms with Gasteiger partial charge in [0.25, 0.3) is 0 Å². The molecule has 0 atom stereocenters. The lowest BCUT2D eigenvalue weighted by atomic mass is 10.1. The highest BCUT2D eigenvalue weighted by molar-refractivity contribution is 6.31. The molecule has 16 heavy (non-hydrogen) atoms. The van der Waals surface area contributed by atoms with Crippen molar-refractivity contribution in [2.24, 2.45) is 0 Å². The van der Waals surface area contributed by atoms with Crippen LogP contribution >= 0.6 is 11.6 Å². The van der Waals surface area contributed by atoms with Gasteiger partial charge in [0.15, 0.2) is 0 Å². The first-order valence-electron chi connectivity index (χ1n) is 4.56. The summed E-state index contributed by atoms with van der Waals surface area (Å²) in [5.74, 6) is 0.0775. The molecular weight excluding hydrogens is 224 g/mol. The Morgan fingerprint density at radius 1 is 1.31 bits per heavy atom. The molecule has 3 nitrogen and oxygen atoms in total. The number of hydrogen-bond acceptors (Lipinski definition) is 3. The number of hydrogen-bond donors (Lipinski definition) is 1. The fourth-order valence-electron chi connectivity index (χ4n) is 1.38. The summed E-state index contributed by atoms with van der Waals surface area (Å²) in [6.07, 6.45) is 1.58. The van der Waals surface area contributed by atoms with Gasteiger partial charge in [-0.3, -0.25) is 4.98 Å². The van der Waals surface area contributed by atoms with Gasteiger partial charge in [-0.05, 0) is 24.3 Å². The molecule has 78 valence electrons. The van der Waals surface area contributed by atoms with E-state index in [0.29, 0.717) is 21.8 Å². The zero-order valence-electron chi connectivity index (χ0n) is 8.18. The monoisotopic (exact) mass is 230 g/mol. The van der Waals surface area contributed by atoms with Gasteiger partial charge >= 0.3 is 0 Å². The molecule has 0 radical (unpaired) electrons. The van der Waals surface area contributed by atoms with Crippen LogP contribution in [0.2, 0.25) is 5.02 Å². The van der Waals surface area contributed by atoms with Crippen molar-refractivity contribution >= 4 is 11.6 Å². The topological polar surface area (TPSA) is 56.9 Å². The second-order valence-corrected chi connectivity index (χ2v) is 3.58. The van der Waals surface area contributed by atoms with Gasteiger partial charge in [-0.1, -0.05) is 17.7 Å². The summed E-state index contributed by atoms with van der Waals surface area (Å²) in [7, 11) is 0. The average Bonchev–Trinajstić information content (AvgIpc) is 2.31. The number of aromatic nitrogens is 1.